The van der Waals surface area contributed by atoms with E-state index in [2.05, 4.69) is 5.32 Å². The van der Waals surface area contributed by atoms with E-state index < -0.39 is 17.4 Å². The van der Waals surface area contributed by atoms with Gasteiger partial charge in [-0.1, -0.05) is 18.5 Å². The molecule has 0 bridgehead atoms. The van der Waals surface area contributed by atoms with Crippen molar-refractivity contribution in [2.45, 2.75) is 25.8 Å². The molecule has 0 aliphatic heterocycles. The highest BCUT2D eigenvalue weighted by Crippen LogP contribution is 2.32. The molecule has 0 fully saturated rings. The Morgan fingerprint density at radius 2 is 1.95 bits per heavy atom. The molecule has 2 amide bonds. The largest absolute Gasteiger partial charge is 0.399 e. The highest BCUT2D eigenvalue weighted by molar-refractivity contribution is 6.34. The average molecular weight is 285 g/mol. The van der Waals surface area contributed by atoms with Gasteiger partial charge in [0.2, 0.25) is 5.91 Å². The zero-order valence-corrected chi connectivity index (χ0v) is 11.5. The number of halogens is 1. The SMILES string of the molecule is CCC(C)(Nc1c(Cl)cc(N)cc1C(N)=O)C(N)=O. The first-order valence-electron chi connectivity index (χ1n) is 5.68. The maximum atomic E-state index is 11.5. The van der Waals surface area contributed by atoms with Crippen molar-refractivity contribution in [3.63, 3.8) is 0 Å². The molecule has 0 saturated carbocycles. The Morgan fingerprint density at radius 3 is 2.37 bits per heavy atom. The van der Waals surface area contributed by atoms with Gasteiger partial charge in [-0.2, -0.15) is 0 Å². The van der Waals surface area contributed by atoms with Gasteiger partial charge in [-0.15, -0.1) is 0 Å². The highest BCUT2D eigenvalue weighted by atomic mass is 35.5. The van der Waals surface area contributed by atoms with Gasteiger partial charge < -0.3 is 22.5 Å². The first-order chi connectivity index (χ1) is 8.71. The standard InChI is InChI=1S/C12H17ClN4O2/c1-3-12(2,11(16)19)17-9-7(10(15)18)4-6(14)5-8(9)13/h4-5,17H,3,14H2,1-2H3,(H2,15,18)(H2,16,19). The van der Waals surface area contributed by atoms with E-state index in [0.29, 0.717) is 12.1 Å². The Hall–Kier alpha value is -1.95. The molecule has 7 heteroatoms. The lowest BCUT2D eigenvalue weighted by Gasteiger charge is -2.28. The number of carbonyl (C=O) groups is 2. The quantitative estimate of drug-likeness (QED) is 0.604. The van der Waals surface area contributed by atoms with Gasteiger partial charge in [-0.05, 0) is 25.5 Å². The first-order valence-corrected chi connectivity index (χ1v) is 6.06. The summed E-state index contributed by atoms with van der Waals surface area (Å²) in [6, 6.07) is 2.86. The second kappa shape index (κ2) is 5.36. The Labute approximate surface area is 116 Å². The van der Waals surface area contributed by atoms with Crippen LogP contribution in [-0.4, -0.2) is 17.4 Å². The zero-order chi connectivity index (χ0) is 14.8. The maximum Gasteiger partial charge on any atom is 0.250 e. The summed E-state index contributed by atoms with van der Waals surface area (Å²) in [4.78, 5) is 22.9. The molecular weight excluding hydrogens is 268 g/mol. The molecule has 1 rings (SSSR count). The molecule has 7 N–H and O–H groups in total. The summed E-state index contributed by atoms with van der Waals surface area (Å²) < 4.78 is 0. The molecule has 1 aromatic carbocycles. The number of benzene rings is 1. The lowest BCUT2D eigenvalue weighted by atomic mass is 9.96. The van der Waals surface area contributed by atoms with Crippen LogP contribution in [0.5, 0.6) is 0 Å². The third kappa shape index (κ3) is 3.08. The number of hydrogen-bond acceptors (Lipinski definition) is 4. The Morgan fingerprint density at radius 1 is 1.37 bits per heavy atom. The van der Waals surface area contributed by atoms with Crippen molar-refractivity contribution in [2.75, 3.05) is 11.1 Å². The van der Waals surface area contributed by atoms with Crippen LogP contribution in [0.25, 0.3) is 0 Å². The van der Waals surface area contributed by atoms with E-state index >= 15 is 0 Å². The van der Waals surface area contributed by atoms with E-state index in [1.165, 1.54) is 12.1 Å². The summed E-state index contributed by atoms with van der Waals surface area (Å²) in [6.45, 7) is 3.40. The highest BCUT2D eigenvalue weighted by Gasteiger charge is 2.31. The minimum Gasteiger partial charge on any atom is -0.399 e. The minimum absolute atomic E-state index is 0.117. The molecule has 1 aromatic rings. The van der Waals surface area contributed by atoms with Crippen LogP contribution in [0.3, 0.4) is 0 Å². The zero-order valence-electron chi connectivity index (χ0n) is 10.8. The van der Waals surface area contributed by atoms with Crippen LogP contribution < -0.4 is 22.5 Å². The molecule has 19 heavy (non-hydrogen) atoms. The van der Waals surface area contributed by atoms with Crippen molar-refractivity contribution in [1.29, 1.82) is 0 Å². The Balaban J connectivity index is 3.35. The topological polar surface area (TPSA) is 124 Å². The van der Waals surface area contributed by atoms with Gasteiger partial charge in [0.1, 0.15) is 5.54 Å². The molecule has 6 nitrogen and oxygen atoms in total. The monoisotopic (exact) mass is 284 g/mol. The minimum atomic E-state index is -1.04. The molecule has 0 spiro atoms. The number of amides is 2. The number of hydrogen-bond donors (Lipinski definition) is 4. The Kier molecular flexibility index (Phi) is 4.26. The predicted octanol–water partition coefficient (Wildman–Crippen LogP) is 1.09. The van der Waals surface area contributed by atoms with Crippen molar-refractivity contribution in [2.24, 2.45) is 11.5 Å². The normalized spacial score (nSPS) is 13.6. The molecule has 0 radical (unpaired) electrons. The summed E-state index contributed by atoms with van der Waals surface area (Å²) >= 11 is 6.04. The summed E-state index contributed by atoms with van der Waals surface area (Å²) in [7, 11) is 0. The van der Waals surface area contributed by atoms with Gasteiger partial charge in [0.25, 0.3) is 5.91 Å². The lowest BCUT2D eigenvalue weighted by Crippen LogP contribution is -2.47. The molecular formula is C12H17ClN4O2. The van der Waals surface area contributed by atoms with Gasteiger partial charge in [0, 0.05) is 5.69 Å². The second-order valence-corrected chi connectivity index (χ2v) is 4.87. The fourth-order valence-electron chi connectivity index (χ4n) is 1.55. The molecule has 0 saturated heterocycles. The van der Waals surface area contributed by atoms with E-state index in [1.807, 2.05) is 0 Å². The second-order valence-electron chi connectivity index (χ2n) is 4.46. The number of carbonyl (C=O) groups excluding carboxylic acids is 2. The van der Waals surface area contributed by atoms with Crippen molar-refractivity contribution >= 4 is 34.8 Å². The van der Waals surface area contributed by atoms with Crippen LogP contribution in [0.1, 0.15) is 30.6 Å². The summed E-state index contributed by atoms with van der Waals surface area (Å²) in [5.74, 6) is -1.25. The lowest BCUT2D eigenvalue weighted by molar-refractivity contribution is -0.121. The number of nitrogen functional groups attached to an aromatic ring is 1. The van der Waals surface area contributed by atoms with Crippen LogP contribution in [0, 0.1) is 0 Å². The molecule has 1 unspecified atom stereocenters. The van der Waals surface area contributed by atoms with Gasteiger partial charge >= 0.3 is 0 Å². The number of rotatable bonds is 5. The average Bonchev–Trinajstić information content (AvgIpc) is 2.31. The number of nitrogens with two attached hydrogens (primary N) is 3. The molecule has 0 aromatic heterocycles. The van der Waals surface area contributed by atoms with E-state index in [0.717, 1.165) is 0 Å². The number of primary amides is 2. The van der Waals surface area contributed by atoms with E-state index in [9.17, 15) is 9.59 Å². The van der Waals surface area contributed by atoms with Crippen LogP contribution in [-0.2, 0) is 4.79 Å². The van der Waals surface area contributed by atoms with Gasteiger partial charge in [-0.25, -0.2) is 0 Å². The number of anilines is 2. The molecule has 0 aliphatic carbocycles. The van der Waals surface area contributed by atoms with Gasteiger partial charge in [-0.3, -0.25) is 9.59 Å². The third-order valence-corrected chi connectivity index (χ3v) is 3.33. The van der Waals surface area contributed by atoms with Crippen LogP contribution in [0.2, 0.25) is 5.02 Å². The van der Waals surface area contributed by atoms with Crippen LogP contribution in [0.15, 0.2) is 12.1 Å². The summed E-state index contributed by atoms with van der Waals surface area (Å²) in [5, 5.41) is 3.09. The van der Waals surface area contributed by atoms with Crippen LogP contribution >= 0.6 is 11.6 Å². The van der Waals surface area contributed by atoms with Crippen molar-refractivity contribution in [1.82, 2.24) is 0 Å². The van der Waals surface area contributed by atoms with E-state index in [-0.39, 0.29) is 16.3 Å². The number of nitrogens with one attached hydrogen (secondary N) is 1. The molecule has 0 aliphatic rings. The third-order valence-electron chi connectivity index (χ3n) is 3.03. The van der Waals surface area contributed by atoms with Crippen molar-refractivity contribution < 1.29 is 9.59 Å². The van der Waals surface area contributed by atoms with E-state index in [4.69, 9.17) is 28.8 Å². The summed E-state index contributed by atoms with van der Waals surface area (Å²) in [5.41, 5.74) is 15.9. The predicted molar refractivity (Wildman–Crippen MR) is 75.9 cm³/mol. The molecule has 1 atom stereocenters. The molecule has 104 valence electrons. The fraction of sp³-hybridized carbons (Fsp3) is 0.333. The van der Waals surface area contributed by atoms with Crippen molar-refractivity contribution in [3.05, 3.63) is 22.7 Å². The summed E-state index contributed by atoms with van der Waals surface area (Å²) in [6.07, 6.45) is 0.418. The van der Waals surface area contributed by atoms with E-state index in [1.54, 1.807) is 13.8 Å². The van der Waals surface area contributed by atoms with Gasteiger partial charge in [0.15, 0.2) is 0 Å². The van der Waals surface area contributed by atoms with Gasteiger partial charge in [0.05, 0.1) is 16.3 Å². The Bertz CT molecular complexity index is 533. The molecule has 0 heterocycles. The van der Waals surface area contributed by atoms with Crippen LogP contribution in [0.4, 0.5) is 11.4 Å². The first kappa shape index (κ1) is 15.1. The maximum absolute atomic E-state index is 11.5. The fourth-order valence-corrected chi connectivity index (χ4v) is 1.82. The smallest absolute Gasteiger partial charge is 0.250 e. The van der Waals surface area contributed by atoms with Crippen molar-refractivity contribution in [3.8, 4) is 0 Å².